The molecule has 0 aliphatic heterocycles. The van der Waals surface area contributed by atoms with Crippen molar-refractivity contribution in [1.29, 1.82) is 0 Å². The molecule has 0 aliphatic rings. The van der Waals surface area contributed by atoms with Crippen LogP contribution in [0.3, 0.4) is 0 Å². The van der Waals surface area contributed by atoms with Gasteiger partial charge in [-0.15, -0.1) is 0 Å². The van der Waals surface area contributed by atoms with E-state index < -0.39 is 5.97 Å². The third-order valence-electron chi connectivity index (χ3n) is 3.61. The number of carboxylic acid groups (broad SMARTS) is 1. The van der Waals surface area contributed by atoms with E-state index in [1.54, 1.807) is 0 Å². The molecule has 0 saturated carbocycles. The lowest BCUT2D eigenvalue weighted by Crippen LogP contribution is -2.41. The van der Waals surface area contributed by atoms with E-state index in [0.29, 0.717) is 5.75 Å². The first-order chi connectivity index (χ1) is 11.0. The molecule has 1 N–H and O–H groups in total. The fraction of sp³-hybridized carbons (Fsp3) is 0.333. The standard InChI is InChI=1S/C18H21NO4/c1-13(2)19(11-10-18(21)22)17(20)12-23-16-9-5-7-14-6-3-4-8-15(14)16/h3-9,13H,10-12H2,1-2H3,(H,21,22). The highest BCUT2D eigenvalue weighted by atomic mass is 16.5. The summed E-state index contributed by atoms with van der Waals surface area (Å²) in [5.41, 5.74) is 0. The van der Waals surface area contributed by atoms with E-state index in [4.69, 9.17) is 9.84 Å². The average molecular weight is 315 g/mol. The molecule has 2 rings (SSSR count). The van der Waals surface area contributed by atoms with E-state index in [9.17, 15) is 9.59 Å². The molecule has 0 aliphatic carbocycles. The molecule has 23 heavy (non-hydrogen) atoms. The second-order valence-electron chi connectivity index (χ2n) is 5.59. The van der Waals surface area contributed by atoms with Gasteiger partial charge in [-0.3, -0.25) is 9.59 Å². The number of ether oxygens (including phenoxy) is 1. The van der Waals surface area contributed by atoms with Crippen molar-refractivity contribution in [2.45, 2.75) is 26.3 Å². The highest BCUT2D eigenvalue weighted by Gasteiger charge is 2.18. The first-order valence-electron chi connectivity index (χ1n) is 7.61. The van der Waals surface area contributed by atoms with Crippen molar-refractivity contribution in [3.05, 3.63) is 42.5 Å². The molecule has 0 radical (unpaired) electrons. The van der Waals surface area contributed by atoms with Crippen LogP contribution in [0.5, 0.6) is 5.75 Å². The van der Waals surface area contributed by atoms with Crippen molar-refractivity contribution in [2.75, 3.05) is 13.2 Å². The molecule has 0 unspecified atom stereocenters. The van der Waals surface area contributed by atoms with Gasteiger partial charge in [0.15, 0.2) is 6.61 Å². The molecule has 5 heteroatoms. The highest BCUT2D eigenvalue weighted by Crippen LogP contribution is 2.25. The molecule has 2 aromatic rings. The number of carboxylic acids is 1. The summed E-state index contributed by atoms with van der Waals surface area (Å²) >= 11 is 0. The Morgan fingerprint density at radius 2 is 1.83 bits per heavy atom. The van der Waals surface area contributed by atoms with Gasteiger partial charge in [0.25, 0.3) is 5.91 Å². The number of benzene rings is 2. The fourth-order valence-corrected chi connectivity index (χ4v) is 2.43. The van der Waals surface area contributed by atoms with Crippen LogP contribution in [0, 0.1) is 0 Å². The van der Waals surface area contributed by atoms with Crippen molar-refractivity contribution >= 4 is 22.6 Å². The molecule has 5 nitrogen and oxygen atoms in total. The van der Waals surface area contributed by atoms with Crippen molar-refractivity contribution in [1.82, 2.24) is 4.90 Å². The van der Waals surface area contributed by atoms with Gasteiger partial charge in [0.05, 0.1) is 6.42 Å². The Labute approximate surface area is 135 Å². The third-order valence-corrected chi connectivity index (χ3v) is 3.61. The normalized spacial score (nSPS) is 10.7. The molecule has 0 aromatic heterocycles. The van der Waals surface area contributed by atoms with Gasteiger partial charge in [0, 0.05) is 18.0 Å². The Bertz CT molecular complexity index is 691. The summed E-state index contributed by atoms with van der Waals surface area (Å²) in [4.78, 5) is 24.5. The summed E-state index contributed by atoms with van der Waals surface area (Å²) in [5.74, 6) is -0.481. The van der Waals surface area contributed by atoms with Crippen LogP contribution in [0.1, 0.15) is 20.3 Å². The number of fused-ring (bicyclic) bond motifs is 1. The Morgan fingerprint density at radius 1 is 1.13 bits per heavy atom. The van der Waals surface area contributed by atoms with E-state index >= 15 is 0 Å². The predicted molar refractivity (Wildman–Crippen MR) is 88.5 cm³/mol. The minimum atomic E-state index is -0.918. The molecule has 1 amide bonds. The summed E-state index contributed by atoms with van der Waals surface area (Å²) in [5, 5.41) is 10.8. The quantitative estimate of drug-likeness (QED) is 0.853. The number of amides is 1. The Hall–Kier alpha value is -2.56. The summed E-state index contributed by atoms with van der Waals surface area (Å²) in [6.07, 6.45) is -0.0712. The number of carbonyl (C=O) groups excluding carboxylic acids is 1. The molecule has 0 fully saturated rings. The molecule has 0 bridgehead atoms. The third kappa shape index (κ3) is 4.45. The molecule has 0 heterocycles. The van der Waals surface area contributed by atoms with Crippen LogP contribution in [0.15, 0.2) is 42.5 Å². The lowest BCUT2D eigenvalue weighted by atomic mass is 10.1. The Kier molecular flexibility index (Phi) is 5.57. The van der Waals surface area contributed by atoms with E-state index in [0.717, 1.165) is 10.8 Å². The van der Waals surface area contributed by atoms with Crippen molar-refractivity contribution in [3.8, 4) is 5.75 Å². The van der Waals surface area contributed by atoms with Gasteiger partial charge in [-0.2, -0.15) is 0 Å². The Morgan fingerprint density at radius 3 is 2.52 bits per heavy atom. The topological polar surface area (TPSA) is 66.8 Å². The maximum atomic E-state index is 12.3. The summed E-state index contributed by atoms with van der Waals surface area (Å²) in [6, 6.07) is 13.4. The summed E-state index contributed by atoms with van der Waals surface area (Å²) in [6.45, 7) is 3.80. The summed E-state index contributed by atoms with van der Waals surface area (Å²) < 4.78 is 5.68. The first-order valence-corrected chi connectivity index (χ1v) is 7.61. The van der Waals surface area contributed by atoms with Crippen LogP contribution in [0.25, 0.3) is 10.8 Å². The highest BCUT2D eigenvalue weighted by molar-refractivity contribution is 5.88. The number of nitrogens with zero attached hydrogens (tertiary/aromatic N) is 1. The fourth-order valence-electron chi connectivity index (χ4n) is 2.43. The van der Waals surface area contributed by atoms with Crippen LogP contribution in [-0.2, 0) is 9.59 Å². The van der Waals surface area contributed by atoms with Crippen molar-refractivity contribution in [3.63, 3.8) is 0 Å². The second-order valence-corrected chi connectivity index (χ2v) is 5.59. The molecule has 0 saturated heterocycles. The van der Waals surface area contributed by atoms with E-state index in [-0.39, 0.29) is 31.5 Å². The lowest BCUT2D eigenvalue weighted by molar-refractivity contribution is -0.139. The van der Waals surface area contributed by atoms with Crippen LogP contribution in [0.2, 0.25) is 0 Å². The molecule has 2 aromatic carbocycles. The van der Waals surface area contributed by atoms with E-state index in [1.807, 2.05) is 56.3 Å². The van der Waals surface area contributed by atoms with Gasteiger partial charge < -0.3 is 14.7 Å². The van der Waals surface area contributed by atoms with Crippen LogP contribution in [-0.4, -0.2) is 41.1 Å². The van der Waals surface area contributed by atoms with Gasteiger partial charge in [-0.1, -0.05) is 36.4 Å². The zero-order valence-corrected chi connectivity index (χ0v) is 13.4. The van der Waals surface area contributed by atoms with E-state index in [1.165, 1.54) is 4.90 Å². The average Bonchev–Trinajstić information content (AvgIpc) is 2.52. The number of hydrogen-bond acceptors (Lipinski definition) is 3. The van der Waals surface area contributed by atoms with Gasteiger partial charge in [-0.25, -0.2) is 0 Å². The summed E-state index contributed by atoms with van der Waals surface area (Å²) in [7, 11) is 0. The Balaban J connectivity index is 2.05. The van der Waals surface area contributed by atoms with Gasteiger partial charge in [0.1, 0.15) is 5.75 Å². The lowest BCUT2D eigenvalue weighted by Gasteiger charge is -2.26. The zero-order valence-electron chi connectivity index (χ0n) is 13.4. The molecule has 0 spiro atoms. The first kappa shape index (κ1) is 16.8. The SMILES string of the molecule is CC(C)N(CCC(=O)O)C(=O)COc1cccc2ccccc12. The van der Waals surface area contributed by atoms with Gasteiger partial charge in [0.2, 0.25) is 0 Å². The molecule has 0 atom stereocenters. The van der Waals surface area contributed by atoms with Gasteiger partial charge >= 0.3 is 5.97 Å². The largest absolute Gasteiger partial charge is 0.483 e. The smallest absolute Gasteiger partial charge is 0.305 e. The van der Waals surface area contributed by atoms with Crippen molar-refractivity contribution < 1.29 is 19.4 Å². The second kappa shape index (κ2) is 7.63. The monoisotopic (exact) mass is 315 g/mol. The maximum absolute atomic E-state index is 12.3. The molecule has 122 valence electrons. The number of hydrogen-bond donors (Lipinski definition) is 1. The minimum absolute atomic E-state index is 0.0712. The van der Waals surface area contributed by atoms with E-state index in [2.05, 4.69) is 0 Å². The van der Waals surface area contributed by atoms with Crippen LogP contribution in [0.4, 0.5) is 0 Å². The number of carbonyl (C=O) groups is 2. The van der Waals surface area contributed by atoms with Crippen molar-refractivity contribution in [2.24, 2.45) is 0 Å². The molecular formula is C18H21NO4. The number of aliphatic carboxylic acids is 1. The van der Waals surface area contributed by atoms with Crippen LogP contribution >= 0.6 is 0 Å². The zero-order chi connectivity index (χ0) is 16.8. The molecular weight excluding hydrogens is 294 g/mol. The predicted octanol–water partition coefficient (Wildman–Crippen LogP) is 2.93. The number of rotatable bonds is 7. The van der Waals surface area contributed by atoms with Gasteiger partial charge in [-0.05, 0) is 25.3 Å². The maximum Gasteiger partial charge on any atom is 0.305 e. The minimum Gasteiger partial charge on any atom is -0.483 e. The van der Waals surface area contributed by atoms with Crippen LogP contribution < -0.4 is 4.74 Å².